The summed E-state index contributed by atoms with van der Waals surface area (Å²) < 4.78 is 29.1. The molecule has 0 radical (unpaired) electrons. The molecule has 0 atom stereocenters. The second-order valence-electron chi connectivity index (χ2n) is 12.3. The Balaban J connectivity index is -0.000000579. The van der Waals surface area contributed by atoms with Crippen LogP contribution in [0.5, 0.6) is 0 Å². The second-order valence-corrected chi connectivity index (χ2v) is 17.5. The van der Waals surface area contributed by atoms with Crippen LogP contribution in [-0.2, 0) is 21.5 Å². The van der Waals surface area contributed by atoms with Gasteiger partial charge in [-0.3, -0.25) is 0 Å². The molecule has 4 nitrogen and oxygen atoms in total. The van der Waals surface area contributed by atoms with E-state index >= 15 is 0 Å². The van der Waals surface area contributed by atoms with Crippen molar-refractivity contribution in [2.75, 3.05) is 24.6 Å². The molecule has 0 spiro atoms. The van der Waals surface area contributed by atoms with E-state index in [4.69, 9.17) is 11.1 Å². The van der Waals surface area contributed by atoms with Gasteiger partial charge in [-0.15, -0.1) is 17.2 Å². The number of unbranched alkanes of at least 4 members (excludes halogenated alkanes) is 20. The molecule has 0 aromatic carbocycles. The van der Waals surface area contributed by atoms with E-state index in [9.17, 15) is 0 Å². The molecular weight excluding hydrogens is 594 g/mol. The van der Waals surface area contributed by atoms with Crippen LogP contribution in [0.2, 0.25) is 0 Å². The molecule has 0 amide bonds. The van der Waals surface area contributed by atoms with Crippen LogP contribution in [-0.4, -0.2) is 41.8 Å². The van der Waals surface area contributed by atoms with Crippen LogP contribution in [0.1, 0.15) is 196 Å². The molecule has 0 aliphatic rings. The molecule has 0 aromatic heterocycles. The monoisotopic (exact) mass is 675 g/mol. The van der Waals surface area contributed by atoms with Gasteiger partial charge in [-0.05, 0) is 50.3 Å². The van der Waals surface area contributed by atoms with Crippen molar-refractivity contribution in [3.8, 4) is 0 Å². The molecule has 42 heavy (non-hydrogen) atoms. The third-order valence-electron chi connectivity index (χ3n) is 7.22. The summed E-state index contributed by atoms with van der Waals surface area (Å²) in [5, 5.41) is 0. The smallest absolute Gasteiger partial charge is 0.0353 e. The molecular formula is C35H80O4P2Ti. The Morgan fingerprint density at radius 1 is 0.405 bits per heavy atom. The van der Waals surface area contributed by atoms with Gasteiger partial charge in [0.1, 0.15) is 0 Å². The van der Waals surface area contributed by atoms with E-state index < -0.39 is 18.1 Å². The quantitative estimate of drug-likeness (QED) is 0.0403. The van der Waals surface area contributed by atoms with Crippen molar-refractivity contribution < 1.29 is 32.5 Å². The SMILES string of the molecule is CC(C)[O][Ti]([OH])([OH])[OH].CCCCCCCCPCCCCCCCC.CCCCCCCCPCCCCCCCC. The molecule has 3 N–H and O–H groups in total. The van der Waals surface area contributed by atoms with Crippen LogP contribution >= 0.6 is 17.2 Å². The minimum Gasteiger partial charge on any atom is -0.122 e. The van der Waals surface area contributed by atoms with Gasteiger partial charge in [0, 0.05) is 0 Å². The summed E-state index contributed by atoms with van der Waals surface area (Å²) in [4.78, 5) is 0. The predicted octanol–water partition coefficient (Wildman–Crippen LogP) is 12.0. The zero-order chi connectivity index (χ0) is 32.0. The maximum absolute atomic E-state index is 8.26. The van der Waals surface area contributed by atoms with Crippen LogP contribution in [0.3, 0.4) is 0 Å². The van der Waals surface area contributed by atoms with Crippen molar-refractivity contribution in [2.24, 2.45) is 0 Å². The van der Waals surface area contributed by atoms with E-state index in [1.807, 2.05) is 0 Å². The average Bonchev–Trinajstić information content (AvgIpc) is 2.93. The Kier molecular flexibility index (Phi) is 48.3. The third-order valence-corrected chi connectivity index (χ3v) is 11.3. The van der Waals surface area contributed by atoms with Crippen molar-refractivity contribution in [3.05, 3.63) is 0 Å². The summed E-state index contributed by atoms with van der Waals surface area (Å²) in [6.07, 6.45) is 40.8. The molecule has 0 saturated heterocycles. The Labute approximate surface area is 275 Å². The molecule has 0 aromatic rings. The van der Waals surface area contributed by atoms with Crippen molar-refractivity contribution in [1.29, 1.82) is 0 Å². The minimum atomic E-state index is -4.66. The maximum Gasteiger partial charge on any atom is -0.0353 e. The van der Waals surface area contributed by atoms with Crippen molar-refractivity contribution in [3.63, 3.8) is 0 Å². The summed E-state index contributed by atoms with van der Waals surface area (Å²) in [5.74, 6) is 0. The Morgan fingerprint density at radius 2 is 0.619 bits per heavy atom. The molecule has 0 aliphatic carbocycles. The maximum atomic E-state index is 8.26. The number of hydrogen-bond donors (Lipinski definition) is 3. The minimum absolute atomic E-state index is 0.324. The van der Waals surface area contributed by atoms with Gasteiger partial charge in [0.2, 0.25) is 0 Å². The molecule has 0 heterocycles. The topological polar surface area (TPSA) is 69.9 Å². The van der Waals surface area contributed by atoms with Gasteiger partial charge in [-0.1, -0.05) is 156 Å². The standard InChI is InChI=1S/2C16H35P.C3H7O.3H2O.Ti/c2*1-3-5-7-9-11-13-15-17-16-14-12-10-8-6-4-2;1-3(2)4;;;;/h2*17H,3-16H2,1-2H3;3H,1-2H3;3*1H2;/q;;-1;;;;+4/p-3. The Hall–Kier alpha value is 1.41. The predicted molar refractivity (Wildman–Crippen MR) is 192 cm³/mol. The molecule has 0 rings (SSSR count). The second kappa shape index (κ2) is 42.4. The fraction of sp³-hybridized carbons (Fsp3) is 1.00. The van der Waals surface area contributed by atoms with Gasteiger partial charge in [0.25, 0.3) is 0 Å². The summed E-state index contributed by atoms with van der Waals surface area (Å²) >= 11 is -4.66. The van der Waals surface area contributed by atoms with Gasteiger partial charge < -0.3 is 0 Å². The first-order valence-corrected chi connectivity index (χ1v) is 24.1. The van der Waals surface area contributed by atoms with E-state index in [0.717, 1.165) is 0 Å². The zero-order valence-electron chi connectivity index (χ0n) is 29.6. The van der Waals surface area contributed by atoms with E-state index in [1.165, 1.54) is 196 Å². The molecule has 0 unspecified atom stereocenters. The van der Waals surface area contributed by atoms with Crippen molar-refractivity contribution in [2.45, 2.75) is 202 Å². The Bertz CT molecular complexity index is 393. The zero-order valence-corrected chi connectivity index (χ0v) is 33.2. The summed E-state index contributed by atoms with van der Waals surface area (Å²) in [5.41, 5.74) is 0. The van der Waals surface area contributed by atoms with E-state index in [2.05, 4.69) is 31.0 Å². The van der Waals surface area contributed by atoms with E-state index in [0.29, 0.717) is 0 Å². The summed E-state index contributed by atoms with van der Waals surface area (Å²) in [7, 11) is 2.51. The molecule has 0 saturated carbocycles. The first kappa shape index (κ1) is 47.8. The van der Waals surface area contributed by atoms with Crippen LogP contribution in [0.4, 0.5) is 0 Å². The fourth-order valence-electron chi connectivity index (χ4n) is 4.69. The number of rotatable bonds is 30. The van der Waals surface area contributed by atoms with Crippen LogP contribution in [0, 0.1) is 0 Å². The van der Waals surface area contributed by atoms with Gasteiger partial charge in [-0.25, -0.2) is 0 Å². The first-order chi connectivity index (χ1) is 20.2. The summed E-state index contributed by atoms with van der Waals surface area (Å²) in [6, 6.07) is 0. The Morgan fingerprint density at radius 3 is 0.786 bits per heavy atom. The van der Waals surface area contributed by atoms with E-state index in [1.54, 1.807) is 13.8 Å². The molecule has 0 aliphatic heterocycles. The molecule has 7 heteroatoms. The average molecular weight is 675 g/mol. The first-order valence-electron chi connectivity index (χ1n) is 18.5. The summed E-state index contributed by atoms with van der Waals surface area (Å²) in [6.45, 7) is 12.4. The van der Waals surface area contributed by atoms with E-state index in [-0.39, 0.29) is 6.10 Å². The van der Waals surface area contributed by atoms with Crippen molar-refractivity contribution >= 4 is 17.2 Å². The normalized spacial score (nSPS) is 11.3. The van der Waals surface area contributed by atoms with Gasteiger partial charge in [0.15, 0.2) is 0 Å². The van der Waals surface area contributed by atoms with Crippen molar-refractivity contribution in [1.82, 2.24) is 0 Å². The van der Waals surface area contributed by atoms with Gasteiger partial charge in [0.05, 0.1) is 0 Å². The van der Waals surface area contributed by atoms with Crippen LogP contribution in [0.15, 0.2) is 0 Å². The molecule has 0 bridgehead atoms. The third kappa shape index (κ3) is 57.1. The largest absolute Gasteiger partial charge is 0.122 e. The fourth-order valence-corrected chi connectivity index (χ4v) is 8.18. The molecule has 258 valence electrons. The van der Waals surface area contributed by atoms with Gasteiger partial charge in [-0.2, -0.15) is 0 Å². The number of hydrogen-bond acceptors (Lipinski definition) is 4. The van der Waals surface area contributed by atoms with Crippen LogP contribution in [0.25, 0.3) is 0 Å². The molecule has 0 fully saturated rings. The van der Waals surface area contributed by atoms with Crippen LogP contribution < -0.4 is 0 Å². The van der Waals surface area contributed by atoms with Gasteiger partial charge >= 0.3 is 52.5 Å².